The smallest absolute Gasteiger partial charge is 0.283 e. The Labute approximate surface area is 134 Å². The monoisotopic (exact) mass is 399 g/mol. The number of rotatable bonds is 4. The molecule has 0 atom stereocenters. The highest BCUT2D eigenvalue weighted by Crippen LogP contribution is 2.18. The molecule has 0 aliphatic heterocycles. The van der Waals surface area contributed by atoms with E-state index in [1.807, 2.05) is 38.1 Å². The van der Waals surface area contributed by atoms with Crippen molar-refractivity contribution < 1.29 is 0 Å². The van der Waals surface area contributed by atoms with E-state index >= 15 is 0 Å². The maximum absolute atomic E-state index is 12.1. The molecule has 0 aliphatic carbocycles. The molecule has 6 heteroatoms. The zero-order valence-electron chi connectivity index (χ0n) is 11.2. The minimum atomic E-state index is -0.124. The van der Waals surface area contributed by atoms with Crippen LogP contribution >= 0.6 is 31.9 Å². The third-order valence-electron chi connectivity index (χ3n) is 2.83. The van der Waals surface area contributed by atoms with Gasteiger partial charge >= 0.3 is 0 Å². The lowest BCUT2D eigenvalue weighted by Crippen LogP contribution is -2.26. The van der Waals surface area contributed by atoms with Gasteiger partial charge in [0.05, 0.1) is 17.9 Å². The molecule has 1 heterocycles. The van der Waals surface area contributed by atoms with Gasteiger partial charge in [-0.25, -0.2) is 4.68 Å². The van der Waals surface area contributed by atoms with Gasteiger partial charge in [-0.15, -0.1) is 0 Å². The van der Waals surface area contributed by atoms with Gasteiger partial charge in [-0.2, -0.15) is 5.10 Å². The van der Waals surface area contributed by atoms with Crippen molar-refractivity contribution >= 4 is 37.5 Å². The van der Waals surface area contributed by atoms with Crippen molar-refractivity contribution in [3.8, 4) is 0 Å². The third kappa shape index (κ3) is 3.49. The Hall–Kier alpha value is -1.14. The summed E-state index contributed by atoms with van der Waals surface area (Å²) in [4.78, 5) is 12.1. The number of halogens is 2. The molecule has 1 aromatic carbocycles. The van der Waals surface area contributed by atoms with E-state index in [4.69, 9.17) is 0 Å². The number of nitrogens with zero attached hydrogens (tertiary/aromatic N) is 2. The fraction of sp³-hybridized carbons (Fsp3) is 0.286. The predicted octanol–water partition coefficient (Wildman–Crippen LogP) is 3.96. The largest absolute Gasteiger partial charge is 0.379 e. The summed E-state index contributed by atoms with van der Waals surface area (Å²) in [5, 5.41) is 7.39. The first-order valence-electron chi connectivity index (χ1n) is 6.24. The predicted molar refractivity (Wildman–Crippen MR) is 88.1 cm³/mol. The Morgan fingerprint density at radius 3 is 2.50 bits per heavy atom. The fourth-order valence-corrected chi connectivity index (χ4v) is 2.42. The highest BCUT2D eigenvalue weighted by molar-refractivity contribution is 9.10. The molecule has 0 bridgehead atoms. The van der Waals surface area contributed by atoms with Crippen molar-refractivity contribution in [2.24, 2.45) is 0 Å². The van der Waals surface area contributed by atoms with Crippen LogP contribution in [-0.4, -0.2) is 9.78 Å². The zero-order valence-corrected chi connectivity index (χ0v) is 14.4. The van der Waals surface area contributed by atoms with Gasteiger partial charge in [0.2, 0.25) is 0 Å². The molecule has 2 rings (SSSR count). The van der Waals surface area contributed by atoms with Gasteiger partial charge < -0.3 is 5.32 Å². The summed E-state index contributed by atoms with van der Waals surface area (Å²) in [6, 6.07) is 8.06. The second-order valence-corrected chi connectivity index (χ2v) is 6.40. The fourth-order valence-electron chi connectivity index (χ4n) is 1.74. The van der Waals surface area contributed by atoms with Crippen LogP contribution in [0, 0.1) is 0 Å². The van der Waals surface area contributed by atoms with Crippen LogP contribution in [0.15, 0.2) is 44.2 Å². The summed E-state index contributed by atoms with van der Waals surface area (Å²) in [6.07, 6.45) is 1.67. The molecule has 4 nitrogen and oxygen atoms in total. The molecule has 1 aromatic heterocycles. The molecule has 0 radical (unpaired) electrons. The topological polar surface area (TPSA) is 46.9 Å². The van der Waals surface area contributed by atoms with Crippen molar-refractivity contribution in [3.63, 3.8) is 0 Å². The Morgan fingerprint density at radius 2 is 1.90 bits per heavy atom. The molecular weight excluding hydrogens is 386 g/mol. The molecule has 0 saturated heterocycles. The van der Waals surface area contributed by atoms with E-state index in [9.17, 15) is 4.79 Å². The molecule has 0 amide bonds. The summed E-state index contributed by atoms with van der Waals surface area (Å²) < 4.78 is 3.01. The molecular formula is C14H15Br2N3O. The molecule has 2 aromatic rings. The summed E-state index contributed by atoms with van der Waals surface area (Å²) in [5.74, 6) is 0. The van der Waals surface area contributed by atoms with Gasteiger partial charge in [0, 0.05) is 11.0 Å². The van der Waals surface area contributed by atoms with Gasteiger partial charge in [-0.1, -0.05) is 28.1 Å². The Bertz CT molecular complexity index is 650. The number of benzene rings is 1. The highest BCUT2D eigenvalue weighted by atomic mass is 79.9. The normalized spacial score (nSPS) is 10.8. The first-order valence-corrected chi connectivity index (χ1v) is 7.83. The Kier molecular flexibility index (Phi) is 4.99. The van der Waals surface area contributed by atoms with Gasteiger partial charge in [0.25, 0.3) is 5.56 Å². The van der Waals surface area contributed by atoms with Crippen molar-refractivity contribution in [3.05, 3.63) is 55.3 Å². The van der Waals surface area contributed by atoms with Crippen LogP contribution in [0.1, 0.15) is 25.5 Å². The third-order valence-corrected chi connectivity index (χ3v) is 4.12. The maximum atomic E-state index is 12.1. The zero-order chi connectivity index (χ0) is 14.7. The molecule has 0 unspecified atom stereocenters. The Morgan fingerprint density at radius 1 is 1.25 bits per heavy atom. The number of hydrogen-bond acceptors (Lipinski definition) is 3. The number of nitrogens with one attached hydrogen (secondary N) is 1. The molecule has 20 heavy (non-hydrogen) atoms. The lowest BCUT2D eigenvalue weighted by Gasteiger charge is -2.12. The molecule has 106 valence electrons. The number of hydrogen-bond donors (Lipinski definition) is 1. The maximum Gasteiger partial charge on any atom is 0.283 e. The molecule has 0 spiro atoms. The van der Waals surface area contributed by atoms with Gasteiger partial charge in [-0.05, 0) is 47.5 Å². The quantitative estimate of drug-likeness (QED) is 0.844. The van der Waals surface area contributed by atoms with E-state index in [-0.39, 0.29) is 11.6 Å². The summed E-state index contributed by atoms with van der Waals surface area (Å²) in [5.41, 5.74) is 1.71. The summed E-state index contributed by atoms with van der Waals surface area (Å²) >= 11 is 6.74. The Balaban J connectivity index is 2.16. The second kappa shape index (κ2) is 6.54. The first kappa shape index (κ1) is 15.3. The molecule has 0 saturated carbocycles. The van der Waals surface area contributed by atoms with E-state index in [0.717, 1.165) is 10.0 Å². The van der Waals surface area contributed by atoms with Crippen LogP contribution in [0.5, 0.6) is 0 Å². The lowest BCUT2D eigenvalue weighted by atomic mass is 10.2. The van der Waals surface area contributed by atoms with E-state index in [1.165, 1.54) is 4.68 Å². The van der Waals surface area contributed by atoms with Crippen LogP contribution in [0.25, 0.3) is 0 Å². The van der Waals surface area contributed by atoms with E-state index in [0.29, 0.717) is 16.7 Å². The minimum Gasteiger partial charge on any atom is -0.379 e. The van der Waals surface area contributed by atoms with Gasteiger partial charge in [-0.3, -0.25) is 4.79 Å². The van der Waals surface area contributed by atoms with E-state index < -0.39 is 0 Å². The van der Waals surface area contributed by atoms with Crippen molar-refractivity contribution in [1.29, 1.82) is 0 Å². The SMILES string of the molecule is CC(C)n1ncc(NCc2ccc(Br)cc2)c(Br)c1=O. The average molecular weight is 401 g/mol. The number of anilines is 1. The second-order valence-electron chi connectivity index (χ2n) is 4.70. The van der Waals surface area contributed by atoms with Crippen LogP contribution in [0.3, 0.4) is 0 Å². The minimum absolute atomic E-state index is 0.0410. The van der Waals surface area contributed by atoms with Crippen LogP contribution in [-0.2, 0) is 6.54 Å². The summed E-state index contributed by atoms with van der Waals surface area (Å²) in [7, 11) is 0. The van der Waals surface area contributed by atoms with Crippen LogP contribution in [0.2, 0.25) is 0 Å². The van der Waals surface area contributed by atoms with Crippen LogP contribution < -0.4 is 10.9 Å². The molecule has 0 fully saturated rings. The molecule has 0 aliphatic rings. The summed E-state index contributed by atoms with van der Waals surface area (Å²) in [6.45, 7) is 4.49. The average Bonchev–Trinajstić information content (AvgIpc) is 2.42. The standard InChI is InChI=1S/C14H15Br2N3O/c1-9(2)19-14(20)13(16)12(8-18-19)17-7-10-3-5-11(15)6-4-10/h3-6,8-9,17H,7H2,1-2H3. The van der Waals surface area contributed by atoms with Crippen molar-refractivity contribution in [2.75, 3.05) is 5.32 Å². The molecule has 1 N–H and O–H groups in total. The van der Waals surface area contributed by atoms with E-state index in [1.54, 1.807) is 6.20 Å². The highest BCUT2D eigenvalue weighted by Gasteiger charge is 2.10. The first-order chi connectivity index (χ1) is 9.49. The van der Waals surface area contributed by atoms with Gasteiger partial charge in [0.1, 0.15) is 4.47 Å². The van der Waals surface area contributed by atoms with Crippen molar-refractivity contribution in [2.45, 2.75) is 26.4 Å². The van der Waals surface area contributed by atoms with Crippen molar-refractivity contribution in [1.82, 2.24) is 9.78 Å². The van der Waals surface area contributed by atoms with E-state index in [2.05, 4.69) is 42.3 Å². The number of aromatic nitrogens is 2. The van der Waals surface area contributed by atoms with Gasteiger partial charge in [0.15, 0.2) is 0 Å². The van der Waals surface area contributed by atoms with Crippen LogP contribution in [0.4, 0.5) is 5.69 Å². The lowest BCUT2D eigenvalue weighted by molar-refractivity contribution is 0.501.